The number of halogens is 4. The molecular weight excluding hydrogens is 309 g/mol. The fourth-order valence-electron chi connectivity index (χ4n) is 1.82. The molecule has 0 aliphatic rings. The van der Waals surface area contributed by atoms with Gasteiger partial charge in [0.2, 0.25) is 0 Å². The summed E-state index contributed by atoms with van der Waals surface area (Å²) in [4.78, 5) is 3.83. The van der Waals surface area contributed by atoms with Gasteiger partial charge in [-0.3, -0.25) is 0 Å². The molecule has 1 N–H and O–H groups in total. The molecule has 2 rings (SSSR count). The number of fused-ring (bicyclic) bond motifs is 1. The van der Waals surface area contributed by atoms with E-state index in [0.717, 1.165) is 0 Å². The maximum absolute atomic E-state index is 14.0. The van der Waals surface area contributed by atoms with Crippen molar-refractivity contribution in [3.63, 3.8) is 0 Å². The van der Waals surface area contributed by atoms with Crippen molar-refractivity contribution in [1.82, 2.24) is 4.98 Å². The van der Waals surface area contributed by atoms with Crippen molar-refractivity contribution >= 4 is 32.5 Å². The zero-order valence-corrected chi connectivity index (χ0v) is 11.3. The van der Waals surface area contributed by atoms with Crippen LogP contribution in [0.25, 0.3) is 10.9 Å². The van der Waals surface area contributed by atoms with Crippen molar-refractivity contribution in [2.75, 3.05) is 12.4 Å². The van der Waals surface area contributed by atoms with Crippen LogP contribution in [-0.2, 0) is 0 Å². The SMILES string of the molecule is CNc1cc(C(F)F)nc2c(C)cc(Br)c(F)c12. The van der Waals surface area contributed by atoms with Gasteiger partial charge in [0.25, 0.3) is 6.43 Å². The Morgan fingerprint density at radius 3 is 2.56 bits per heavy atom. The van der Waals surface area contributed by atoms with Crippen LogP contribution in [0.3, 0.4) is 0 Å². The average molecular weight is 319 g/mol. The second kappa shape index (κ2) is 4.76. The summed E-state index contributed by atoms with van der Waals surface area (Å²) in [6, 6.07) is 2.70. The summed E-state index contributed by atoms with van der Waals surface area (Å²) >= 11 is 3.10. The molecule has 0 fully saturated rings. The fraction of sp³-hybridized carbons (Fsp3) is 0.250. The molecule has 0 unspecified atom stereocenters. The monoisotopic (exact) mass is 318 g/mol. The highest BCUT2D eigenvalue weighted by Gasteiger charge is 2.18. The molecule has 2 aromatic rings. The molecule has 0 bridgehead atoms. The van der Waals surface area contributed by atoms with Crippen LogP contribution in [-0.4, -0.2) is 12.0 Å². The number of rotatable bonds is 2. The summed E-state index contributed by atoms with van der Waals surface area (Å²) in [5.74, 6) is -0.506. The van der Waals surface area contributed by atoms with Crippen LogP contribution < -0.4 is 5.32 Å². The lowest BCUT2D eigenvalue weighted by molar-refractivity contribution is 0.146. The van der Waals surface area contributed by atoms with Gasteiger partial charge in [0.15, 0.2) is 0 Å². The van der Waals surface area contributed by atoms with E-state index in [1.54, 1.807) is 14.0 Å². The second-order valence-electron chi connectivity index (χ2n) is 3.86. The van der Waals surface area contributed by atoms with Gasteiger partial charge in [0, 0.05) is 12.7 Å². The van der Waals surface area contributed by atoms with E-state index in [1.165, 1.54) is 12.1 Å². The first kappa shape index (κ1) is 13.1. The lowest BCUT2D eigenvalue weighted by atomic mass is 10.1. The van der Waals surface area contributed by atoms with Gasteiger partial charge in [-0.15, -0.1) is 0 Å². The van der Waals surface area contributed by atoms with Crippen LogP contribution >= 0.6 is 15.9 Å². The Bertz CT molecular complexity index is 614. The second-order valence-corrected chi connectivity index (χ2v) is 4.71. The zero-order valence-electron chi connectivity index (χ0n) is 9.69. The Balaban J connectivity index is 2.91. The predicted molar refractivity (Wildman–Crippen MR) is 68.6 cm³/mol. The van der Waals surface area contributed by atoms with Crippen molar-refractivity contribution in [3.8, 4) is 0 Å². The van der Waals surface area contributed by atoms with E-state index in [9.17, 15) is 13.2 Å². The van der Waals surface area contributed by atoms with Crippen LogP contribution in [0.1, 0.15) is 17.7 Å². The Hall–Kier alpha value is -1.30. The Morgan fingerprint density at radius 2 is 2.00 bits per heavy atom. The van der Waals surface area contributed by atoms with E-state index < -0.39 is 12.2 Å². The number of alkyl halides is 2. The molecule has 0 radical (unpaired) electrons. The Kier molecular flexibility index (Phi) is 3.47. The molecule has 1 aromatic carbocycles. The fourth-order valence-corrected chi connectivity index (χ4v) is 2.36. The number of nitrogens with one attached hydrogen (secondary N) is 1. The molecule has 0 amide bonds. The number of nitrogens with zero attached hydrogens (tertiary/aromatic N) is 1. The maximum Gasteiger partial charge on any atom is 0.280 e. The first-order valence-corrected chi connectivity index (χ1v) is 6.00. The lowest BCUT2D eigenvalue weighted by Crippen LogP contribution is -2.00. The average Bonchev–Trinajstić information content (AvgIpc) is 2.34. The normalized spacial score (nSPS) is 11.3. The summed E-state index contributed by atoms with van der Waals surface area (Å²) in [7, 11) is 1.56. The van der Waals surface area contributed by atoms with Gasteiger partial charge in [-0.25, -0.2) is 18.2 Å². The van der Waals surface area contributed by atoms with E-state index in [4.69, 9.17) is 0 Å². The summed E-state index contributed by atoms with van der Waals surface area (Å²) in [6.07, 6.45) is -2.69. The van der Waals surface area contributed by atoms with Crippen molar-refractivity contribution in [2.24, 2.45) is 0 Å². The van der Waals surface area contributed by atoms with E-state index in [1.807, 2.05) is 0 Å². The molecule has 0 aliphatic heterocycles. The van der Waals surface area contributed by atoms with Crippen LogP contribution in [0.15, 0.2) is 16.6 Å². The summed E-state index contributed by atoms with van der Waals surface area (Å²) < 4.78 is 39.8. The van der Waals surface area contributed by atoms with E-state index in [0.29, 0.717) is 11.3 Å². The highest BCUT2D eigenvalue weighted by molar-refractivity contribution is 9.10. The van der Waals surface area contributed by atoms with Crippen LogP contribution in [0.2, 0.25) is 0 Å². The van der Waals surface area contributed by atoms with Crippen LogP contribution in [0.5, 0.6) is 0 Å². The van der Waals surface area contributed by atoms with Crippen LogP contribution in [0.4, 0.5) is 18.9 Å². The Labute approximate surface area is 110 Å². The number of benzene rings is 1. The van der Waals surface area contributed by atoms with Gasteiger partial charge < -0.3 is 5.32 Å². The van der Waals surface area contributed by atoms with Gasteiger partial charge in [0.05, 0.1) is 15.4 Å². The molecule has 0 aliphatic carbocycles. The quantitative estimate of drug-likeness (QED) is 0.886. The largest absolute Gasteiger partial charge is 0.387 e. The Morgan fingerprint density at radius 1 is 1.33 bits per heavy atom. The summed E-state index contributed by atoms with van der Waals surface area (Å²) in [6.45, 7) is 1.70. The molecule has 0 saturated carbocycles. The first-order valence-electron chi connectivity index (χ1n) is 5.20. The minimum atomic E-state index is -2.69. The molecule has 0 atom stereocenters. The van der Waals surface area contributed by atoms with Crippen molar-refractivity contribution in [2.45, 2.75) is 13.3 Å². The van der Waals surface area contributed by atoms with E-state index in [-0.39, 0.29) is 21.1 Å². The van der Waals surface area contributed by atoms with Gasteiger partial charge in [-0.05, 0) is 40.5 Å². The highest BCUT2D eigenvalue weighted by atomic mass is 79.9. The minimum absolute atomic E-state index is 0.216. The molecule has 18 heavy (non-hydrogen) atoms. The standard InChI is InChI=1S/C12H10BrF3N2/c1-5-3-6(13)10(14)9-7(17-2)4-8(12(15)16)18-11(5)9/h3-4,12H,1-2H3,(H,17,18). The topological polar surface area (TPSA) is 24.9 Å². The van der Waals surface area contributed by atoms with E-state index in [2.05, 4.69) is 26.2 Å². The number of hydrogen-bond acceptors (Lipinski definition) is 2. The molecule has 1 aromatic heterocycles. The first-order chi connectivity index (χ1) is 8.45. The van der Waals surface area contributed by atoms with Crippen molar-refractivity contribution in [1.29, 1.82) is 0 Å². The minimum Gasteiger partial charge on any atom is -0.387 e. The van der Waals surface area contributed by atoms with Gasteiger partial charge in [-0.2, -0.15) is 0 Å². The molecule has 1 heterocycles. The van der Waals surface area contributed by atoms with Gasteiger partial charge in [-0.1, -0.05) is 0 Å². The van der Waals surface area contributed by atoms with E-state index >= 15 is 0 Å². The summed E-state index contributed by atoms with van der Waals surface area (Å²) in [5.41, 5.74) is 0.823. The number of aromatic nitrogens is 1. The van der Waals surface area contributed by atoms with Crippen molar-refractivity contribution < 1.29 is 13.2 Å². The highest BCUT2D eigenvalue weighted by Crippen LogP contribution is 2.34. The summed E-state index contributed by atoms with van der Waals surface area (Å²) in [5, 5.41) is 2.94. The predicted octanol–water partition coefficient (Wildman–Crippen LogP) is 4.42. The lowest BCUT2D eigenvalue weighted by Gasteiger charge is -2.12. The molecular formula is C12H10BrF3N2. The smallest absolute Gasteiger partial charge is 0.280 e. The molecule has 0 spiro atoms. The number of pyridine rings is 1. The number of hydrogen-bond donors (Lipinski definition) is 1. The van der Waals surface area contributed by atoms with Gasteiger partial charge in [0.1, 0.15) is 11.5 Å². The molecule has 0 saturated heterocycles. The third kappa shape index (κ3) is 2.05. The number of anilines is 1. The molecule has 6 heteroatoms. The van der Waals surface area contributed by atoms with Gasteiger partial charge >= 0.3 is 0 Å². The zero-order chi connectivity index (χ0) is 13.4. The maximum atomic E-state index is 14.0. The third-order valence-electron chi connectivity index (χ3n) is 2.68. The van der Waals surface area contributed by atoms with Crippen molar-refractivity contribution in [3.05, 3.63) is 33.7 Å². The molecule has 96 valence electrons. The third-order valence-corrected chi connectivity index (χ3v) is 3.26. The molecule has 2 nitrogen and oxygen atoms in total. The van der Waals surface area contributed by atoms with Crippen LogP contribution in [0, 0.1) is 12.7 Å². The number of aryl methyl sites for hydroxylation is 1.